The second kappa shape index (κ2) is 10.4. The minimum absolute atomic E-state index is 0.0247. The van der Waals surface area contributed by atoms with Crippen LogP contribution in [0.1, 0.15) is 10.4 Å². The van der Waals surface area contributed by atoms with Gasteiger partial charge < -0.3 is 10.1 Å². The lowest BCUT2D eigenvalue weighted by Gasteiger charge is -2.25. The van der Waals surface area contributed by atoms with E-state index in [2.05, 4.69) is 10.1 Å². The van der Waals surface area contributed by atoms with Gasteiger partial charge in [0, 0.05) is 10.7 Å². The molecular weight excluding hydrogens is 511 g/mol. The van der Waals surface area contributed by atoms with Crippen molar-refractivity contribution >= 4 is 68.1 Å². The molecule has 3 aromatic carbocycles. The smallest absolute Gasteiger partial charge is 0.339 e. The molecule has 0 bridgehead atoms. The molecule has 0 aliphatic heterocycles. The Bertz CT molecular complexity index is 1300. The second-order valence-electron chi connectivity index (χ2n) is 6.65. The second-order valence-corrected chi connectivity index (χ2v) is 9.77. The van der Waals surface area contributed by atoms with Crippen LogP contribution in [0.4, 0.5) is 11.4 Å². The first-order chi connectivity index (χ1) is 15.6. The first-order valence-electron chi connectivity index (χ1n) is 9.34. The summed E-state index contributed by atoms with van der Waals surface area (Å²) in [6, 6.07) is 16.1. The molecule has 0 heterocycles. The van der Waals surface area contributed by atoms with Crippen molar-refractivity contribution in [1.29, 1.82) is 0 Å². The Morgan fingerprint density at radius 2 is 1.64 bits per heavy atom. The maximum Gasteiger partial charge on any atom is 0.339 e. The summed E-state index contributed by atoms with van der Waals surface area (Å²) in [7, 11) is -2.96. The van der Waals surface area contributed by atoms with E-state index in [9.17, 15) is 18.0 Å². The number of nitrogens with one attached hydrogen (secondary N) is 1. The number of carbonyl (C=O) groups is 2. The standard InChI is InChI=1S/C22H17Cl3N2O5S/c1-32-22(29)17-12-15(8-9-18(17)24)26-21(28)13-27(20-10-7-14(23)11-19(20)25)33(30,31)16-5-3-2-4-6-16/h2-12H,13H2,1H3,(H,26,28). The van der Waals surface area contributed by atoms with Crippen LogP contribution < -0.4 is 9.62 Å². The summed E-state index contributed by atoms with van der Waals surface area (Å²) < 4.78 is 32.3. The Morgan fingerprint density at radius 1 is 0.939 bits per heavy atom. The minimum Gasteiger partial charge on any atom is -0.465 e. The molecule has 3 rings (SSSR count). The third-order valence-electron chi connectivity index (χ3n) is 4.45. The molecule has 0 radical (unpaired) electrons. The van der Waals surface area contributed by atoms with E-state index in [1.165, 1.54) is 55.6 Å². The van der Waals surface area contributed by atoms with Gasteiger partial charge in [0.2, 0.25) is 5.91 Å². The highest BCUT2D eigenvalue weighted by Gasteiger charge is 2.29. The van der Waals surface area contributed by atoms with Crippen LogP contribution in [0.5, 0.6) is 0 Å². The van der Waals surface area contributed by atoms with E-state index in [0.717, 1.165) is 4.31 Å². The lowest BCUT2D eigenvalue weighted by atomic mass is 10.2. The van der Waals surface area contributed by atoms with Crippen molar-refractivity contribution in [2.24, 2.45) is 0 Å². The highest BCUT2D eigenvalue weighted by Crippen LogP contribution is 2.32. The van der Waals surface area contributed by atoms with Gasteiger partial charge in [-0.3, -0.25) is 9.10 Å². The zero-order valence-electron chi connectivity index (χ0n) is 17.1. The Balaban J connectivity index is 1.96. The topological polar surface area (TPSA) is 92.8 Å². The minimum atomic E-state index is -4.16. The summed E-state index contributed by atoms with van der Waals surface area (Å²) in [5.74, 6) is -1.36. The van der Waals surface area contributed by atoms with Crippen LogP contribution in [0, 0.1) is 0 Å². The number of nitrogens with zero attached hydrogens (tertiary/aromatic N) is 1. The van der Waals surface area contributed by atoms with Gasteiger partial charge in [0.15, 0.2) is 0 Å². The van der Waals surface area contributed by atoms with E-state index < -0.39 is 28.4 Å². The van der Waals surface area contributed by atoms with Crippen molar-refractivity contribution in [3.8, 4) is 0 Å². The van der Waals surface area contributed by atoms with Gasteiger partial charge in [-0.2, -0.15) is 0 Å². The van der Waals surface area contributed by atoms with Gasteiger partial charge in [-0.05, 0) is 48.5 Å². The monoisotopic (exact) mass is 526 g/mol. The normalized spacial score (nSPS) is 11.0. The molecular formula is C22H17Cl3N2O5S. The van der Waals surface area contributed by atoms with Crippen LogP contribution in [0.2, 0.25) is 15.1 Å². The SMILES string of the molecule is COC(=O)c1cc(NC(=O)CN(c2ccc(Cl)cc2Cl)S(=O)(=O)c2ccccc2)ccc1Cl. The highest BCUT2D eigenvalue weighted by molar-refractivity contribution is 7.92. The summed E-state index contributed by atoms with van der Waals surface area (Å²) in [5.41, 5.74) is 0.349. The molecule has 0 atom stereocenters. The Kier molecular flexibility index (Phi) is 7.86. The summed E-state index contributed by atoms with van der Waals surface area (Å²) >= 11 is 18.2. The number of methoxy groups -OCH3 is 1. The average Bonchev–Trinajstić information content (AvgIpc) is 2.79. The van der Waals surface area contributed by atoms with Crippen LogP contribution in [-0.4, -0.2) is 33.9 Å². The fraction of sp³-hybridized carbons (Fsp3) is 0.0909. The van der Waals surface area contributed by atoms with Gasteiger partial charge in [-0.15, -0.1) is 0 Å². The number of benzene rings is 3. The van der Waals surface area contributed by atoms with Crippen molar-refractivity contribution in [2.45, 2.75) is 4.90 Å². The summed E-state index contributed by atoms with van der Waals surface area (Å²) in [4.78, 5) is 24.7. The molecule has 0 fully saturated rings. The number of carbonyl (C=O) groups excluding carboxylic acids is 2. The molecule has 1 amide bonds. The molecule has 0 aromatic heterocycles. The number of halogens is 3. The lowest BCUT2D eigenvalue weighted by Crippen LogP contribution is -2.38. The summed E-state index contributed by atoms with van der Waals surface area (Å²) in [6.07, 6.45) is 0. The molecule has 0 saturated heterocycles. The zero-order chi connectivity index (χ0) is 24.2. The first kappa shape index (κ1) is 24.9. The van der Waals surface area contributed by atoms with Crippen molar-refractivity contribution in [3.63, 3.8) is 0 Å². The molecule has 3 aromatic rings. The van der Waals surface area contributed by atoms with Gasteiger partial charge in [-0.25, -0.2) is 13.2 Å². The van der Waals surface area contributed by atoms with E-state index in [0.29, 0.717) is 5.02 Å². The molecule has 11 heteroatoms. The largest absolute Gasteiger partial charge is 0.465 e. The summed E-state index contributed by atoms with van der Waals surface area (Å²) in [5, 5.41) is 3.06. The van der Waals surface area contributed by atoms with Crippen molar-refractivity contribution < 1.29 is 22.7 Å². The molecule has 0 saturated carbocycles. The number of rotatable bonds is 7. The van der Waals surface area contributed by atoms with Crippen LogP contribution in [-0.2, 0) is 19.6 Å². The molecule has 0 aliphatic rings. The van der Waals surface area contributed by atoms with E-state index >= 15 is 0 Å². The molecule has 33 heavy (non-hydrogen) atoms. The summed E-state index contributed by atoms with van der Waals surface area (Å²) in [6.45, 7) is -0.602. The number of hydrogen-bond donors (Lipinski definition) is 1. The number of amides is 1. The fourth-order valence-corrected chi connectivity index (χ4v) is 5.12. The predicted octanol–water partition coefficient (Wildman–Crippen LogP) is 5.27. The molecule has 0 aliphatic carbocycles. The van der Waals surface area contributed by atoms with Crippen molar-refractivity contribution in [2.75, 3.05) is 23.3 Å². The quantitative estimate of drug-likeness (QED) is 0.423. The van der Waals surface area contributed by atoms with E-state index in [-0.39, 0.29) is 31.9 Å². The van der Waals surface area contributed by atoms with Crippen LogP contribution in [0.3, 0.4) is 0 Å². The van der Waals surface area contributed by atoms with Crippen LogP contribution >= 0.6 is 34.8 Å². The third-order valence-corrected chi connectivity index (χ3v) is 7.09. The van der Waals surface area contributed by atoms with E-state index in [1.54, 1.807) is 18.2 Å². The first-order valence-corrected chi connectivity index (χ1v) is 11.9. The Hall–Kier alpha value is -2.78. The molecule has 1 N–H and O–H groups in total. The van der Waals surface area contributed by atoms with Gasteiger partial charge >= 0.3 is 5.97 Å². The van der Waals surface area contributed by atoms with Gasteiger partial charge in [0.25, 0.3) is 10.0 Å². The van der Waals surface area contributed by atoms with Crippen LogP contribution in [0.15, 0.2) is 71.6 Å². The van der Waals surface area contributed by atoms with Gasteiger partial charge in [-0.1, -0.05) is 53.0 Å². The van der Waals surface area contributed by atoms with E-state index in [4.69, 9.17) is 34.8 Å². The highest BCUT2D eigenvalue weighted by atomic mass is 35.5. The maximum atomic E-state index is 13.4. The Labute approximate surface area is 205 Å². The third kappa shape index (κ3) is 5.78. The predicted molar refractivity (Wildman–Crippen MR) is 129 cm³/mol. The molecule has 0 unspecified atom stereocenters. The van der Waals surface area contributed by atoms with Gasteiger partial charge in [0.05, 0.1) is 33.3 Å². The number of sulfonamides is 1. The number of esters is 1. The lowest BCUT2D eigenvalue weighted by molar-refractivity contribution is -0.114. The Morgan fingerprint density at radius 3 is 2.27 bits per heavy atom. The zero-order valence-corrected chi connectivity index (χ0v) is 20.2. The number of anilines is 2. The van der Waals surface area contributed by atoms with Crippen molar-refractivity contribution in [1.82, 2.24) is 0 Å². The van der Waals surface area contributed by atoms with Crippen molar-refractivity contribution in [3.05, 3.63) is 87.4 Å². The molecule has 172 valence electrons. The number of ether oxygens (including phenoxy) is 1. The van der Waals surface area contributed by atoms with Gasteiger partial charge in [0.1, 0.15) is 6.54 Å². The van der Waals surface area contributed by atoms with Crippen LogP contribution in [0.25, 0.3) is 0 Å². The molecule has 7 nitrogen and oxygen atoms in total. The molecule has 0 spiro atoms. The maximum absolute atomic E-state index is 13.4. The number of hydrogen-bond acceptors (Lipinski definition) is 5. The van der Waals surface area contributed by atoms with E-state index in [1.807, 2.05) is 0 Å². The fourth-order valence-electron chi connectivity index (χ4n) is 2.90. The average molecular weight is 528 g/mol.